The highest BCUT2D eigenvalue weighted by molar-refractivity contribution is 5.80. The molecule has 3 nitrogen and oxygen atoms in total. The van der Waals surface area contributed by atoms with Crippen molar-refractivity contribution in [3.8, 4) is 6.07 Å². The van der Waals surface area contributed by atoms with E-state index in [9.17, 15) is 0 Å². The third-order valence-corrected chi connectivity index (χ3v) is 3.84. The van der Waals surface area contributed by atoms with Crippen LogP contribution < -0.4 is 10.6 Å². The van der Waals surface area contributed by atoms with Gasteiger partial charge in [-0.1, -0.05) is 31.2 Å². The van der Waals surface area contributed by atoms with Crippen LogP contribution in [0, 0.1) is 17.2 Å². The minimum atomic E-state index is 0.540. The van der Waals surface area contributed by atoms with E-state index in [1.54, 1.807) is 6.07 Å². The second kappa shape index (κ2) is 4.90. The number of rotatable bonds is 1. The van der Waals surface area contributed by atoms with E-state index in [2.05, 4.69) is 36.1 Å². The molecule has 2 aromatic carbocycles. The smallest absolute Gasteiger partial charge is 0.101 e. The molecule has 0 bridgehead atoms. The maximum Gasteiger partial charge on any atom is 0.101 e. The van der Waals surface area contributed by atoms with Crippen molar-refractivity contribution in [2.75, 3.05) is 17.2 Å². The normalized spacial score (nSPS) is 17.4. The van der Waals surface area contributed by atoms with Crippen molar-refractivity contribution < 1.29 is 0 Å². The highest BCUT2D eigenvalue weighted by Crippen LogP contribution is 2.38. The number of benzene rings is 2. The molecule has 1 heterocycles. The predicted molar refractivity (Wildman–Crippen MR) is 81.9 cm³/mol. The topological polar surface area (TPSA) is 53.0 Å². The Morgan fingerprint density at radius 2 is 1.90 bits per heavy atom. The first-order valence-corrected chi connectivity index (χ1v) is 6.84. The number of nitrogen functional groups attached to an aromatic ring is 1. The molecule has 1 aliphatic heterocycles. The molecule has 1 unspecified atom stereocenters. The van der Waals surface area contributed by atoms with E-state index < -0.39 is 0 Å². The largest absolute Gasteiger partial charge is 0.396 e. The fourth-order valence-electron chi connectivity index (χ4n) is 2.91. The molecule has 1 atom stereocenters. The van der Waals surface area contributed by atoms with Crippen LogP contribution in [0.5, 0.6) is 0 Å². The molecule has 2 N–H and O–H groups in total. The molecule has 0 radical (unpaired) electrons. The lowest BCUT2D eigenvalue weighted by Gasteiger charge is -2.35. The van der Waals surface area contributed by atoms with Gasteiger partial charge in [0.05, 0.1) is 16.9 Å². The zero-order valence-electron chi connectivity index (χ0n) is 11.5. The molecule has 0 fully saturated rings. The zero-order chi connectivity index (χ0) is 14.1. The van der Waals surface area contributed by atoms with Gasteiger partial charge in [0, 0.05) is 12.2 Å². The summed E-state index contributed by atoms with van der Waals surface area (Å²) in [6.45, 7) is 3.17. The Bertz CT molecular complexity index is 685. The average molecular weight is 263 g/mol. The second-order valence-electron chi connectivity index (χ2n) is 5.40. The summed E-state index contributed by atoms with van der Waals surface area (Å²) >= 11 is 0. The lowest BCUT2D eigenvalue weighted by atomic mass is 9.93. The van der Waals surface area contributed by atoms with E-state index in [1.165, 1.54) is 11.3 Å². The Balaban J connectivity index is 2.14. The lowest BCUT2D eigenvalue weighted by molar-refractivity contribution is 0.562. The second-order valence-corrected chi connectivity index (χ2v) is 5.40. The summed E-state index contributed by atoms with van der Waals surface area (Å²) in [5.41, 5.74) is 10.7. The van der Waals surface area contributed by atoms with Gasteiger partial charge < -0.3 is 10.6 Å². The van der Waals surface area contributed by atoms with E-state index in [0.717, 1.165) is 18.7 Å². The SMILES string of the molecule is CC1Cc2ccccc2N(c2cccc(C#N)c2N)C1. The first-order valence-electron chi connectivity index (χ1n) is 6.84. The number of nitriles is 1. The summed E-state index contributed by atoms with van der Waals surface area (Å²) in [6.07, 6.45) is 1.09. The highest BCUT2D eigenvalue weighted by Gasteiger charge is 2.24. The monoisotopic (exact) mass is 263 g/mol. The van der Waals surface area contributed by atoms with E-state index in [0.29, 0.717) is 17.2 Å². The Labute approximate surface area is 119 Å². The quantitative estimate of drug-likeness (QED) is 0.801. The molecule has 0 saturated heterocycles. The number of nitrogens with two attached hydrogens (primary N) is 1. The maximum atomic E-state index is 9.14. The van der Waals surface area contributed by atoms with Crippen molar-refractivity contribution in [2.24, 2.45) is 5.92 Å². The summed E-state index contributed by atoms with van der Waals surface area (Å²) in [5, 5.41) is 9.14. The van der Waals surface area contributed by atoms with Crippen LogP contribution in [-0.2, 0) is 6.42 Å². The van der Waals surface area contributed by atoms with E-state index in [-0.39, 0.29) is 0 Å². The number of para-hydroxylation sites is 2. The Morgan fingerprint density at radius 3 is 2.70 bits per heavy atom. The Kier molecular flexibility index (Phi) is 3.08. The summed E-state index contributed by atoms with van der Waals surface area (Å²) in [4.78, 5) is 2.24. The predicted octanol–water partition coefficient (Wildman–Crippen LogP) is 3.47. The molecule has 0 saturated carbocycles. The van der Waals surface area contributed by atoms with Gasteiger partial charge in [-0.05, 0) is 36.1 Å². The van der Waals surface area contributed by atoms with Gasteiger partial charge in [-0.15, -0.1) is 0 Å². The van der Waals surface area contributed by atoms with Gasteiger partial charge >= 0.3 is 0 Å². The summed E-state index contributed by atoms with van der Waals surface area (Å²) in [7, 11) is 0. The summed E-state index contributed by atoms with van der Waals surface area (Å²) in [6, 6.07) is 16.2. The summed E-state index contributed by atoms with van der Waals surface area (Å²) < 4.78 is 0. The van der Waals surface area contributed by atoms with Crippen LogP contribution in [0.25, 0.3) is 0 Å². The van der Waals surface area contributed by atoms with Crippen LogP contribution in [0.2, 0.25) is 0 Å². The third-order valence-electron chi connectivity index (χ3n) is 3.84. The van der Waals surface area contributed by atoms with Crippen LogP contribution in [0.3, 0.4) is 0 Å². The lowest BCUT2D eigenvalue weighted by Crippen LogP contribution is -2.31. The van der Waals surface area contributed by atoms with Crippen LogP contribution >= 0.6 is 0 Å². The summed E-state index contributed by atoms with van der Waals surface area (Å²) in [5.74, 6) is 0.565. The van der Waals surface area contributed by atoms with Gasteiger partial charge in [0.25, 0.3) is 0 Å². The van der Waals surface area contributed by atoms with E-state index >= 15 is 0 Å². The van der Waals surface area contributed by atoms with Crippen LogP contribution in [-0.4, -0.2) is 6.54 Å². The number of nitrogens with zero attached hydrogens (tertiary/aromatic N) is 2. The number of anilines is 3. The van der Waals surface area contributed by atoms with Gasteiger partial charge in [0.1, 0.15) is 6.07 Å². The van der Waals surface area contributed by atoms with Crippen molar-refractivity contribution in [2.45, 2.75) is 13.3 Å². The molecule has 3 heteroatoms. The van der Waals surface area contributed by atoms with Gasteiger partial charge in [0.15, 0.2) is 0 Å². The van der Waals surface area contributed by atoms with E-state index in [1.807, 2.05) is 18.2 Å². The molecule has 20 heavy (non-hydrogen) atoms. The van der Waals surface area contributed by atoms with Crippen molar-refractivity contribution in [1.29, 1.82) is 5.26 Å². The molecule has 0 aromatic heterocycles. The van der Waals surface area contributed by atoms with Gasteiger partial charge in [-0.25, -0.2) is 0 Å². The van der Waals surface area contributed by atoms with Crippen molar-refractivity contribution in [3.05, 3.63) is 53.6 Å². The molecule has 1 aliphatic rings. The third kappa shape index (κ3) is 2.00. The molecule has 2 aromatic rings. The standard InChI is InChI=1S/C17H17N3/c1-12-9-13-5-2-3-7-15(13)20(11-12)16-8-4-6-14(10-18)17(16)19/h2-8,12H,9,11,19H2,1H3. The minimum absolute atomic E-state index is 0.540. The van der Waals surface area contributed by atoms with Gasteiger partial charge in [-0.3, -0.25) is 0 Å². The highest BCUT2D eigenvalue weighted by atomic mass is 15.2. The number of fused-ring (bicyclic) bond motifs is 1. The fraction of sp³-hybridized carbons (Fsp3) is 0.235. The Hall–Kier alpha value is -2.47. The van der Waals surface area contributed by atoms with Crippen molar-refractivity contribution in [1.82, 2.24) is 0 Å². The van der Waals surface area contributed by atoms with Crippen LogP contribution in [0.1, 0.15) is 18.1 Å². The minimum Gasteiger partial charge on any atom is -0.396 e. The first kappa shape index (κ1) is 12.6. The molecular weight excluding hydrogens is 246 g/mol. The van der Waals surface area contributed by atoms with E-state index in [4.69, 9.17) is 11.0 Å². The first-order chi connectivity index (χ1) is 9.70. The molecular formula is C17H17N3. The van der Waals surface area contributed by atoms with Gasteiger partial charge in [-0.2, -0.15) is 5.26 Å². The average Bonchev–Trinajstić information content (AvgIpc) is 2.46. The van der Waals surface area contributed by atoms with Gasteiger partial charge in [0.2, 0.25) is 0 Å². The van der Waals surface area contributed by atoms with Crippen LogP contribution in [0.15, 0.2) is 42.5 Å². The molecule has 0 amide bonds. The molecule has 3 rings (SSSR count). The van der Waals surface area contributed by atoms with Crippen LogP contribution in [0.4, 0.5) is 17.1 Å². The maximum absolute atomic E-state index is 9.14. The van der Waals surface area contributed by atoms with Crippen molar-refractivity contribution in [3.63, 3.8) is 0 Å². The fourth-order valence-corrected chi connectivity index (χ4v) is 2.91. The number of hydrogen-bond acceptors (Lipinski definition) is 3. The Morgan fingerprint density at radius 1 is 1.15 bits per heavy atom. The molecule has 100 valence electrons. The number of hydrogen-bond donors (Lipinski definition) is 1. The molecule has 0 aliphatic carbocycles. The van der Waals surface area contributed by atoms with Crippen molar-refractivity contribution >= 4 is 17.1 Å². The molecule has 0 spiro atoms. The zero-order valence-corrected chi connectivity index (χ0v) is 11.5.